The molecule has 2 aliphatic rings. The van der Waals surface area contributed by atoms with Gasteiger partial charge in [0.1, 0.15) is 0 Å². The van der Waals surface area contributed by atoms with Crippen LogP contribution in [0.25, 0.3) is 11.3 Å². The number of aryl methyl sites for hydroxylation is 1. The lowest BCUT2D eigenvalue weighted by atomic mass is 10.0. The smallest absolute Gasteiger partial charge is 0.248 e. The number of hydrogen-bond donors (Lipinski definition) is 2. The number of aromatic amines is 1. The van der Waals surface area contributed by atoms with Crippen LogP contribution in [0.2, 0.25) is 0 Å². The van der Waals surface area contributed by atoms with Crippen LogP contribution in [0.3, 0.4) is 0 Å². The van der Waals surface area contributed by atoms with Crippen molar-refractivity contribution in [2.75, 3.05) is 18.0 Å². The van der Waals surface area contributed by atoms with Gasteiger partial charge in [-0.25, -0.2) is 0 Å². The van der Waals surface area contributed by atoms with Crippen LogP contribution >= 0.6 is 0 Å². The number of piperidine rings is 1. The van der Waals surface area contributed by atoms with E-state index in [1.165, 1.54) is 12.1 Å². The maximum atomic E-state index is 11.6. The molecule has 2 fully saturated rings. The third-order valence-corrected chi connectivity index (χ3v) is 5.11. The van der Waals surface area contributed by atoms with E-state index in [1.807, 2.05) is 6.07 Å². The van der Waals surface area contributed by atoms with Gasteiger partial charge < -0.3 is 15.6 Å². The number of rotatable bonds is 3. The largest absolute Gasteiger partial charge is 0.369 e. The molecular formula is C18H21N3O. The molecule has 1 aliphatic heterocycles. The minimum absolute atomic E-state index is 0.0546. The van der Waals surface area contributed by atoms with E-state index in [-0.39, 0.29) is 11.1 Å². The standard InChI is InChI=1S/C18H21N3O/c1-2-12-5-8-16(22)20-17(12)13-3-6-15(7-4-13)21-10-14-9-18(14,19)11-21/h3-8,14H,2,9-11,19H2,1H3,(H,20,22). The van der Waals surface area contributed by atoms with Crippen molar-refractivity contribution in [2.45, 2.75) is 25.3 Å². The van der Waals surface area contributed by atoms with Gasteiger partial charge in [-0.05, 0) is 42.0 Å². The summed E-state index contributed by atoms with van der Waals surface area (Å²) >= 11 is 0. The molecule has 114 valence electrons. The van der Waals surface area contributed by atoms with Gasteiger partial charge in [-0.3, -0.25) is 4.79 Å². The van der Waals surface area contributed by atoms with Crippen LogP contribution in [0.15, 0.2) is 41.2 Å². The number of aromatic nitrogens is 1. The zero-order valence-corrected chi connectivity index (χ0v) is 12.8. The Kier molecular flexibility index (Phi) is 2.91. The normalized spacial score (nSPS) is 26.1. The third kappa shape index (κ3) is 2.15. The summed E-state index contributed by atoms with van der Waals surface area (Å²) in [5.74, 6) is 0.671. The summed E-state index contributed by atoms with van der Waals surface area (Å²) in [6, 6.07) is 11.9. The lowest BCUT2D eigenvalue weighted by Crippen LogP contribution is -2.33. The fraction of sp³-hybridized carbons (Fsp3) is 0.389. The van der Waals surface area contributed by atoms with Crippen molar-refractivity contribution in [3.8, 4) is 11.3 Å². The fourth-order valence-corrected chi connectivity index (χ4v) is 3.62. The molecule has 2 atom stereocenters. The van der Waals surface area contributed by atoms with E-state index in [0.29, 0.717) is 5.92 Å². The average molecular weight is 295 g/mol. The monoisotopic (exact) mass is 295 g/mol. The van der Waals surface area contributed by atoms with E-state index < -0.39 is 0 Å². The molecule has 4 heteroatoms. The van der Waals surface area contributed by atoms with Crippen LogP contribution in [0.1, 0.15) is 18.9 Å². The van der Waals surface area contributed by atoms with E-state index in [1.54, 1.807) is 6.07 Å². The Bertz CT molecular complexity index is 765. The number of pyridine rings is 1. The van der Waals surface area contributed by atoms with Crippen LogP contribution in [0, 0.1) is 5.92 Å². The first-order valence-corrected chi connectivity index (χ1v) is 7.95. The first kappa shape index (κ1) is 13.6. The zero-order valence-electron chi connectivity index (χ0n) is 12.8. The van der Waals surface area contributed by atoms with Gasteiger partial charge in [0.25, 0.3) is 0 Å². The highest BCUT2D eigenvalue weighted by Gasteiger charge is 2.57. The number of nitrogens with one attached hydrogen (secondary N) is 1. The molecule has 22 heavy (non-hydrogen) atoms. The lowest BCUT2D eigenvalue weighted by Gasteiger charge is -2.22. The number of benzene rings is 1. The molecule has 1 saturated heterocycles. The molecule has 1 aromatic carbocycles. The summed E-state index contributed by atoms with van der Waals surface area (Å²) in [6.07, 6.45) is 2.07. The molecule has 1 aromatic heterocycles. The molecule has 2 heterocycles. The van der Waals surface area contributed by atoms with Gasteiger partial charge in [0.15, 0.2) is 0 Å². The van der Waals surface area contributed by atoms with Gasteiger partial charge in [-0.2, -0.15) is 0 Å². The predicted octanol–water partition coefficient (Wildman–Crippen LogP) is 2.14. The molecule has 4 nitrogen and oxygen atoms in total. The van der Waals surface area contributed by atoms with Crippen LogP contribution in [-0.4, -0.2) is 23.6 Å². The predicted molar refractivity (Wildman–Crippen MR) is 89.1 cm³/mol. The second-order valence-electron chi connectivity index (χ2n) is 6.64. The molecule has 1 saturated carbocycles. The molecule has 0 spiro atoms. The number of nitrogens with zero attached hydrogens (tertiary/aromatic N) is 1. The maximum Gasteiger partial charge on any atom is 0.248 e. The highest BCUT2D eigenvalue weighted by molar-refractivity contribution is 5.66. The summed E-state index contributed by atoms with van der Waals surface area (Å²) in [6.45, 7) is 4.13. The van der Waals surface area contributed by atoms with Gasteiger partial charge >= 0.3 is 0 Å². The van der Waals surface area contributed by atoms with E-state index in [4.69, 9.17) is 5.73 Å². The summed E-state index contributed by atoms with van der Waals surface area (Å²) in [7, 11) is 0. The van der Waals surface area contributed by atoms with Crippen molar-refractivity contribution < 1.29 is 0 Å². The summed E-state index contributed by atoms with van der Waals surface area (Å²) < 4.78 is 0. The molecule has 3 N–H and O–H groups in total. The van der Waals surface area contributed by atoms with E-state index in [0.717, 1.165) is 36.3 Å². The fourth-order valence-electron chi connectivity index (χ4n) is 3.62. The van der Waals surface area contributed by atoms with Gasteiger partial charge in [0, 0.05) is 30.4 Å². The van der Waals surface area contributed by atoms with E-state index in [2.05, 4.69) is 41.1 Å². The Morgan fingerprint density at radius 3 is 2.68 bits per heavy atom. The van der Waals surface area contributed by atoms with Crippen LogP contribution in [0.5, 0.6) is 0 Å². The number of H-pyrrole nitrogens is 1. The second-order valence-corrected chi connectivity index (χ2v) is 6.64. The van der Waals surface area contributed by atoms with Crippen molar-refractivity contribution in [2.24, 2.45) is 11.7 Å². The Balaban J connectivity index is 1.62. The Hall–Kier alpha value is -2.07. The molecule has 0 amide bonds. The van der Waals surface area contributed by atoms with Crippen molar-refractivity contribution in [1.82, 2.24) is 4.98 Å². The Morgan fingerprint density at radius 1 is 1.27 bits per heavy atom. The van der Waals surface area contributed by atoms with Crippen molar-refractivity contribution in [3.05, 3.63) is 52.3 Å². The van der Waals surface area contributed by atoms with Gasteiger partial charge in [0.2, 0.25) is 5.56 Å². The van der Waals surface area contributed by atoms with Crippen molar-refractivity contribution >= 4 is 5.69 Å². The quantitative estimate of drug-likeness (QED) is 0.912. The SMILES string of the molecule is CCc1ccc(=O)[nH]c1-c1ccc(N2CC3CC3(N)C2)cc1. The van der Waals surface area contributed by atoms with Crippen LogP contribution in [0.4, 0.5) is 5.69 Å². The number of nitrogens with two attached hydrogens (primary N) is 1. The molecule has 4 rings (SSSR count). The summed E-state index contributed by atoms with van der Waals surface area (Å²) in [4.78, 5) is 16.9. The van der Waals surface area contributed by atoms with Crippen molar-refractivity contribution in [1.29, 1.82) is 0 Å². The van der Waals surface area contributed by atoms with E-state index in [9.17, 15) is 4.79 Å². The van der Waals surface area contributed by atoms with Gasteiger partial charge in [-0.15, -0.1) is 0 Å². The molecule has 2 aromatic rings. The van der Waals surface area contributed by atoms with Crippen LogP contribution < -0.4 is 16.2 Å². The third-order valence-electron chi connectivity index (χ3n) is 5.11. The number of hydrogen-bond acceptors (Lipinski definition) is 3. The molecule has 1 aliphatic carbocycles. The first-order valence-electron chi connectivity index (χ1n) is 7.95. The molecule has 0 bridgehead atoms. The maximum absolute atomic E-state index is 11.6. The Morgan fingerprint density at radius 2 is 2.05 bits per heavy atom. The lowest BCUT2D eigenvalue weighted by molar-refractivity contribution is 0.699. The molecule has 2 unspecified atom stereocenters. The van der Waals surface area contributed by atoms with Crippen molar-refractivity contribution in [3.63, 3.8) is 0 Å². The van der Waals surface area contributed by atoms with Gasteiger partial charge in [-0.1, -0.05) is 25.1 Å². The highest BCUT2D eigenvalue weighted by Crippen LogP contribution is 2.48. The topological polar surface area (TPSA) is 62.1 Å². The minimum atomic E-state index is -0.0546. The zero-order chi connectivity index (χ0) is 15.3. The number of fused-ring (bicyclic) bond motifs is 1. The minimum Gasteiger partial charge on any atom is -0.369 e. The second kappa shape index (κ2) is 4.71. The van der Waals surface area contributed by atoms with Gasteiger partial charge in [0.05, 0.1) is 5.69 Å². The molecular weight excluding hydrogens is 274 g/mol. The van der Waals surface area contributed by atoms with E-state index >= 15 is 0 Å². The summed E-state index contributed by atoms with van der Waals surface area (Å²) in [5, 5.41) is 0. The Labute approximate surface area is 130 Å². The highest BCUT2D eigenvalue weighted by atomic mass is 16.1. The number of anilines is 1. The first-order chi connectivity index (χ1) is 10.6. The average Bonchev–Trinajstić information content (AvgIpc) is 3.04. The van der Waals surface area contributed by atoms with Crippen LogP contribution in [-0.2, 0) is 6.42 Å². The summed E-state index contributed by atoms with van der Waals surface area (Å²) in [5.41, 5.74) is 10.7. The molecule has 0 radical (unpaired) electrons.